The first-order chi connectivity index (χ1) is 29.0. The number of aliphatic hydroxyl groups excluding tert-OH is 2. The molecule has 0 bridgehead atoms. The zero-order valence-electron chi connectivity index (χ0n) is 39.4. The van der Waals surface area contributed by atoms with Crippen molar-refractivity contribution in [1.82, 2.24) is 5.32 Å². The van der Waals surface area contributed by atoms with Crippen LogP contribution in [0, 0.1) is 0 Å². The van der Waals surface area contributed by atoms with Crippen molar-refractivity contribution in [2.45, 2.75) is 283 Å². The number of hydrogen-bond acceptors (Lipinski definition) is 5. The number of carbonyl (C=O) groups excluding carboxylic acids is 2. The van der Waals surface area contributed by atoms with Gasteiger partial charge >= 0.3 is 5.97 Å². The van der Waals surface area contributed by atoms with Crippen LogP contribution in [-0.2, 0) is 14.3 Å². The number of allylic oxidation sites excluding steroid dienone is 6. The molecule has 3 N–H and O–H groups in total. The minimum absolute atomic E-state index is 0.0721. The first kappa shape index (κ1) is 57.1. The molecule has 0 rings (SSSR count). The van der Waals surface area contributed by atoms with Gasteiger partial charge in [-0.3, -0.25) is 9.59 Å². The van der Waals surface area contributed by atoms with E-state index in [1.54, 1.807) is 0 Å². The smallest absolute Gasteiger partial charge is 0.306 e. The summed E-state index contributed by atoms with van der Waals surface area (Å²) in [5.74, 6) is -0.489. The van der Waals surface area contributed by atoms with Crippen molar-refractivity contribution in [2.75, 3.05) is 6.61 Å². The van der Waals surface area contributed by atoms with E-state index in [2.05, 4.69) is 62.5 Å². The maximum absolute atomic E-state index is 13.2. The Bertz CT molecular complexity index is 977. The van der Waals surface area contributed by atoms with Crippen LogP contribution >= 0.6 is 0 Å². The molecular formula is C53H99NO5. The second kappa shape index (κ2) is 47.1. The molecule has 0 saturated heterocycles. The van der Waals surface area contributed by atoms with E-state index in [-0.39, 0.29) is 24.9 Å². The van der Waals surface area contributed by atoms with Crippen LogP contribution in [0.25, 0.3) is 0 Å². The zero-order valence-corrected chi connectivity index (χ0v) is 39.4. The lowest BCUT2D eigenvalue weighted by Crippen LogP contribution is -2.46. The fraction of sp³-hybridized carbons (Fsp3) is 0.849. The number of rotatable bonds is 46. The average Bonchev–Trinajstić information content (AvgIpc) is 3.23. The highest BCUT2D eigenvalue weighted by atomic mass is 16.5. The largest absolute Gasteiger partial charge is 0.462 e. The molecule has 346 valence electrons. The maximum Gasteiger partial charge on any atom is 0.306 e. The number of nitrogens with one attached hydrogen (secondary N) is 1. The van der Waals surface area contributed by atoms with Crippen LogP contribution in [0.5, 0.6) is 0 Å². The lowest BCUT2D eigenvalue weighted by Gasteiger charge is -2.24. The zero-order chi connectivity index (χ0) is 43.1. The molecule has 0 fully saturated rings. The van der Waals surface area contributed by atoms with Gasteiger partial charge in [-0.25, -0.2) is 0 Å². The Morgan fingerprint density at radius 3 is 1.34 bits per heavy atom. The minimum atomic E-state index is -0.787. The molecule has 1 amide bonds. The van der Waals surface area contributed by atoms with E-state index in [4.69, 9.17) is 4.74 Å². The second-order valence-corrected chi connectivity index (χ2v) is 17.6. The van der Waals surface area contributed by atoms with Gasteiger partial charge in [0.2, 0.25) is 5.91 Å². The molecule has 59 heavy (non-hydrogen) atoms. The number of ether oxygens (including phenoxy) is 1. The third kappa shape index (κ3) is 42.6. The monoisotopic (exact) mass is 830 g/mol. The molecule has 0 heterocycles. The van der Waals surface area contributed by atoms with Crippen LogP contribution in [0.2, 0.25) is 0 Å². The summed E-state index contributed by atoms with van der Waals surface area (Å²) in [5.41, 5.74) is 0. The van der Waals surface area contributed by atoms with E-state index in [1.165, 1.54) is 141 Å². The molecular weight excluding hydrogens is 731 g/mol. The number of hydrogen-bond donors (Lipinski definition) is 3. The first-order valence-electron chi connectivity index (χ1n) is 25.7. The normalized spacial score (nSPS) is 13.5. The van der Waals surface area contributed by atoms with Crippen molar-refractivity contribution in [3.63, 3.8) is 0 Å². The Labute approximate surface area is 366 Å². The molecule has 0 aliphatic rings. The highest BCUT2D eigenvalue weighted by Crippen LogP contribution is 2.18. The van der Waals surface area contributed by atoms with Crippen molar-refractivity contribution >= 4 is 11.9 Å². The van der Waals surface area contributed by atoms with Crippen LogP contribution < -0.4 is 5.32 Å². The van der Waals surface area contributed by atoms with Gasteiger partial charge in [0, 0.05) is 6.42 Å². The van der Waals surface area contributed by atoms with Crippen molar-refractivity contribution in [2.24, 2.45) is 0 Å². The molecule has 3 unspecified atom stereocenters. The third-order valence-corrected chi connectivity index (χ3v) is 11.7. The topological polar surface area (TPSA) is 95.9 Å². The Hall–Kier alpha value is -1.92. The van der Waals surface area contributed by atoms with Gasteiger partial charge in [0.15, 0.2) is 0 Å². The quantitative estimate of drug-likeness (QED) is 0.0323. The Morgan fingerprint density at radius 2 is 0.864 bits per heavy atom. The molecule has 0 spiro atoms. The summed E-state index contributed by atoms with van der Waals surface area (Å²) in [6.45, 7) is 6.45. The second-order valence-electron chi connectivity index (χ2n) is 17.6. The van der Waals surface area contributed by atoms with Gasteiger partial charge in [0.25, 0.3) is 0 Å². The van der Waals surface area contributed by atoms with E-state index in [0.717, 1.165) is 77.0 Å². The summed E-state index contributed by atoms with van der Waals surface area (Å²) < 4.78 is 5.92. The highest BCUT2D eigenvalue weighted by molar-refractivity contribution is 5.77. The van der Waals surface area contributed by atoms with Crippen molar-refractivity contribution in [1.29, 1.82) is 0 Å². The van der Waals surface area contributed by atoms with Crippen LogP contribution in [0.4, 0.5) is 0 Å². The SMILES string of the molecule is CCCCC/C=C\C/C=C\C/C=C\CCCCCCC(=O)OC(CCCCCCCCCCCCCC)CC(=O)NC(CO)C(O)CCCCCCCCCCCCC. The summed E-state index contributed by atoms with van der Waals surface area (Å²) in [5, 5.41) is 23.7. The average molecular weight is 830 g/mol. The van der Waals surface area contributed by atoms with Crippen LogP contribution in [0.1, 0.15) is 265 Å². The van der Waals surface area contributed by atoms with Gasteiger partial charge in [-0.15, -0.1) is 0 Å². The predicted molar refractivity (Wildman–Crippen MR) is 255 cm³/mol. The van der Waals surface area contributed by atoms with E-state index < -0.39 is 18.2 Å². The Morgan fingerprint density at radius 1 is 0.492 bits per heavy atom. The molecule has 6 nitrogen and oxygen atoms in total. The summed E-state index contributed by atoms with van der Waals surface area (Å²) in [4.78, 5) is 26.1. The van der Waals surface area contributed by atoms with Crippen molar-refractivity contribution in [3.8, 4) is 0 Å². The lowest BCUT2D eigenvalue weighted by molar-refractivity contribution is -0.151. The molecule has 0 aliphatic carbocycles. The standard InChI is InChI=1S/C53H99NO5/c1-4-7-10-13-16-19-22-24-25-26-27-28-31-34-37-40-43-46-53(58)59-49(44-41-38-35-32-30-23-20-17-14-11-8-5-2)47-52(57)54-50(48-55)51(56)45-42-39-36-33-29-21-18-15-12-9-6-3/h16,19,24-25,27-28,49-51,55-56H,4-15,17-18,20-23,26,29-48H2,1-3H3,(H,54,57)/b19-16-,25-24-,28-27-. The minimum Gasteiger partial charge on any atom is -0.462 e. The van der Waals surface area contributed by atoms with E-state index in [1.807, 2.05) is 0 Å². The third-order valence-electron chi connectivity index (χ3n) is 11.7. The predicted octanol–water partition coefficient (Wildman–Crippen LogP) is 15.3. The molecule has 0 saturated carbocycles. The number of esters is 1. The van der Waals surface area contributed by atoms with Gasteiger partial charge in [-0.05, 0) is 64.2 Å². The van der Waals surface area contributed by atoms with E-state index in [9.17, 15) is 19.8 Å². The summed E-state index contributed by atoms with van der Waals surface area (Å²) in [7, 11) is 0. The summed E-state index contributed by atoms with van der Waals surface area (Å²) >= 11 is 0. The van der Waals surface area contributed by atoms with Crippen LogP contribution in [0.3, 0.4) is 0 Å². The van der Waals surface area contributed by atoms with E-state index >= 15 is 0 Å². The Balaban J connectivity index is 4.57. The fourth-order valence-electron chi connectivity index (χ4n) is 7.79. The molecule has 0 radical (unpaired) electrons. The Kier molecular flexibility index (Phi) is 45.6. The summed E-state index contributed by atoms with van der Waals surface area (Å²) in [6, 6.07) is -0.702. The molecule has 0 aliphatic heterocycles. The van der Waals surface area contributed by atoms with Crippen molar-refractivity contribution < 1.29 is 24.5 Å². The fourth-order valence-corrected chi connectivity index (χ4v) is 7.79. The number of carbonyl (C=O) groups is 2. The van der Waals surface area contributed by atoms with Gasteiger partial charge in [0.1, 0.15) is 6.10 Å². The highest BCUT2D eigenvalue weighted by Gasteiger charge is 2.24. The van der Waals surface area contributed by atoms with Crippen molar-refractivity contribution in [3.05, 3.63) is 36.5 Å². The number of amides is 1. The maximum atomic E-state index is 13.2. The van der Waals surface area contributed by atoms with Crippen LogP contribution in [0.15, 0.2) is 36.5 Å². The molecule has 3 atom stereocenters. The molecule has 0 aromatic heterocycles. The van der Waals surface area contributed by atoms with Gasteiger partial charge in [0.05, 0.1) is 25.2 Å². The van der Waals surface area contributed by atoms with Gasteiger partial charge in [-0.2, -0.15) is 0 Å². The molecule has 0 aromatic rings. The number of unbranched alkanes of at least 4 members (excludes halogenated alkanes) is 28. The molecule has 6 heteroatoms. The summed E-state index contributed by atoms with van der Waals surface area (Å²) in [6.07, 6.45) is 54.8. The van der Waals surface area contributed by atoms with Gasteiger partial charge < -0.3 is 20.3 Å². The van der Waals surface area contributed by atoms with Crippen LogP contribution in [-0.4, -0.2) is 46.9 Å². The van der Waals surface area contributed by atoms with Gasteiger partial charge in [-0.1, -0.05) is 224 Å². The lowest BCUT2D eigenvalue weighted by atomic mass is 10.0. The number of aliphatic hydroxyl groups is 2. The molecule has 0 aromatic carbocycles. The van der Waals surface area contributed by atoms with E-state index in [0.29, 0.717) is 19.3 Å². The first-order valence-corrected chi connectivity index (χ1v) is 25.7.